The van der Waals surface area contributed by atoms with Crippen LogP contribution >= 0.6 is 0 Å². The lowest BCUT2D eigenvalue weighted by Crippen LogP contribution is -2.42. The summed E-state index contributed by atoms with van der Waals surface area (Å²) in [5.41, 5.74) is 0.766. The van der Waals surface area contributed by atoms with E-state index in [1.54, 1.807) is 0 Å². The Morgan fingerprint density at radius 1 is 1.08 bits per heavy atom. The molecule has 0 saturated heterocycles. The Balaban J connectivity index is 2.14. The second kappa shape index (κ2) is 2.59. The molecule has 0 aromatic rings. The first-order valence-electron chi connectivity index (χ1n) is 4.99. The Kier molecular flexibility index (Phi) is 1.80. The predicted molar refractivity (Wildman–Crippen MR) is 49.9 cm³/mol. The van der Waals surface area contributed by atoms with E-state index in [1.165, 1.54) is 38.5 Å². The standard InChI is InChI=1S/C11H18O/c1-2-10-3-6-11(9-12,7-4-10)8-5-10/h2,12H,1,3-9H2. The van der Waals surface area contributed by atoms with Crippen molar-refractivity contribution in [3.8, 4) is 0 Å². The Morgan fingerprint density at radius 3 is 1.92 bits per heavy atom. The quantitative estimate of drug-likeness (QED) is 0.625. The van der Waals surface area contributed by atoms with Crippen molar-refractivity contribution in [1.29, 1.82) is 0 Å². The van der Waals surface area contributed by atoms with Crippen LogP contribution in [0.1, 0.15) is 38.5 Å². The normalized spacial score (nSPS) is 46.1. The smallest absolute Gasteiger partial charge is 0.0487 e. The molecule has 3 saturated carbocycles. The van der Waals surface area contributed by atoms with Crippen LogP contribution in [0.4, 0.5) is 0 Å². The fraction of sp³-hybridized carbons (Fsp3) is 0.818. The van der Waals surface area contributed by atoms with E-state index in [0.717, 1.165) is 0 Å². The Hall–Kier alpha value is -0.300. The summed E-state index contributed by atoms with van der Waals surface area (Å²) >= 11 is 0. The van der Waals surface area contributed by atoms with Crippen molar-refractivity contribution in [2.75, 3.05) is 6.61 Å². The molecule has 1 heteroatoms. The number of hydrogen-bond donors (Lipinski definition) is 1. The van der Waals surface area contributed by atoms with Gasteiger partial charge in [0.15, 0.2) is 0 Å². The first-order chi connectivity index (χ1) is 5.74. The molecule has 12 heavy (non-hydrogen) atoms. The molecule has 0 aromatic heterocycles. The molecule has 2 bridgehead atoms. The summed E-state index contributed by atoms with van der Waals surface area (Å²) in [6.45, 7) is 4.34. The van der Waals surface area contributed by atoms with Gasteiger partial charge in [0, 0.05) is 6.61 Å². The third kappa shape index (κ3) is 1.03. The van der Waals surface area contributed by atoms with E-state index in [0.29, 0.717) is 17.4 Å². The number of aliphatic hydroxyl groups excluding tert-OH is 1. The summed E-state index contributed by atoms with van der Waals surface area (Å²) in [6, 6.07) is 0. The van der Waals surface area contributed by atoms with Crippen molar-refractivity contribution < 1.29 is 5.11 Å². The van der Waals surface area contributed by atoms with Gasteiger partial charge in [-0.05, 0) is 49.4 Å². The number of allylic oxidation sites excluding steroid dienone is 1. The minimum absolute atomic E-state index is 0.310. The van der Waals surface area contributed by atoms with Crippen molar-refractivity contribution >= 4 is 0 Å². The van der Waals surface area contributed by atoms with Gasteiger partial charge in [-0.3, -0.25) is 0 Å². The first kappa shape index (κ1) is 8.31. The lowest BCUT2D eigenvalue weighted by molar-refractivity contribution is -0.0199. The molecule has 3 aliphatic rings. The van der Waals surface area contributed by atoms with Gasteiger partial charge in [0.25, 0.3) is 0 Å². The van der Waals surface area contributed by atoms with Crippen LogP contribution in [0, 0.1) is 10.8 Å². The molecule has 1 nitrogen and oxygen atoms in total. The SMILES string of the molecule is C=CC12CCC(CO)(CC1)CC2. The van der Waals surface area contributed by atoms with Crippen LogP contribution in [0.25, 0.3) is 0 Å². The lowest BCUT2D eigenvalue weighted by Gasteiger charge is -2.51. The van der Waals surface area contributed by atoms with Gasteiger partial charge in [-0.1, -0.05) is 6.08 Å². The highest BCUT2D eigenvalue weighted by Crippen LogP contribution is 2.56. The van der Waals surface area contributed by atoms with Crippen molar-refractivity contribution in [2.24, 2.45) is 10.8 Å². The van der Waals surface area contributed by atoms with Gasteiger partial charge in [-0.15, -0.1) is 6.58 Å². The van der Waals surface area contributed by atoms with Gasteiger partial charge in [0.2, 0.25) is 0 Å². The van der Waals surface area contributed by atoms with Crippen molar-refractivity contribution in [3.63, 3.8) is 0 Å². The maximum Gasteiger partial charge on any atom is 0.0487 e. The van der Waals surface area contributed by atoms with Crippen LogP contribution in [-0.2, 0) is 0 Å². The molecule has 3 aliphatic carbocycles. The van der Waals surface area contributed by atoms with E-state index in [2.05, 4.69) is 12.7 Å². The Morgan fingerprint density at radius 2 is 1.58 bits per heavy atom. The molecule has 3 rings (SSSR count). The van der Waals surface area contributed by atoms with Gasteiger partial charge >= 0.3 is 0 Å². The van der Waals surface area contributed by atoms with Crippen molar-refractivity contribution in [3.05, 3.63) is 12.7 Å². The van der Waals surface area contributed by atoms with Gasteiger partial charge in [0.05, 0.1) is 0 Å². The second-order valence-corrected chi connectivity index (χ2v) is 4.72. The number of rotatable bonds is 2. The van der Waals surface area contributed by atoms with Crippen molar-refractivity contribution in [1.82, 2.24) is 0 Å². The molecule has 1 N–H and O–H groups in total. The second-order valence-electron chi connectivity index (χ2n) is 4.72. The lowest BCUT2D eigenvalue weighted by atomic mass is 9.54. The van der Waals surface area contributed by atoms with E-state index >= 15 is 0 Å². The van der Waals surface area contributed by atoms with E-state index in [1.807, 2.05) is 0 Å². The maximum absolute atomic E-state index is 9.30. The highest BCUT2D eigenvalue weighted by Gasteiger charge is 2.46. The van der Waals surface area contributed by atoms with E-state index in [9.17, 15) is 5.11 Å². The third-order valence-electron chi connectivity index (χ3n) is 4.23. The molecule has 0 unspecified atom stereocenters. The minimum Gasteiger partial charge on any atom is -0.396 e. The molecule has 0 aliphatic heterocycles. The minimum atomic E-state index is 0.310. The van der Waals surface area contributed by atoms with E-state index < -0.39 is 0 Å². The van der Waals surface area contributed by atoms with Gasteiger partial charge in [-0.2, -0.15) is 0 Å². The van der Waals surface area contributed by atoms with E-state index in [4.69, 9.17) is 0 Å². The molecule has 3 fully saturated rings. The summed E-state index contributed by atoms with van der Waals surface area (Å²) < 4.78 is 0. The van der Waals surface area contributed by atoms with Crippen molar-refractivity contribution in [2.45, 2.75) is 38.5 Å². The maximum atomic E-state index is 9.30. The summed E-state index contributed by atoms with van der Waals surface area (Å²) in [4.78, 5) is 0. The average Bonchev–Trinajstić information content (AvgIpc) is 2.21. The summed E-state index contributed by atoms with van der Waals surface area (Å²) in [6.07, 6.45) is 9.60. The molecule has 0 aromatic carbocycles. The Labute approximate surface area is 74.5 Å². The zero-order valence-electron chi connectivity index (χ0n) is 7.68. The van der Waals surface area contributed by atoms with Gasteiger partial charge in [0.1, 0.15) is 0 Å². The fourth-order valence-corrected chi connectivity index (χ4v) is 2.84. The number of aliphatic hydroxyl groups is 1. The summed E-state index contributed by atoms with van der Waals surface area (Å²) in [5.74, 6) is 0. The molecule has 0 spiro atoms. The molecule has 0 amide bonds. The number of fused-ring (bicyclic) bond motifs is 3. The topological polar surface area (TPSA) is 20.2 Å². The van der Waals surface area contributed by atoms with Crippen LogP contribution in [0.15, 0.2) is 12.7 Å². The third-order valence-corrected chi connectivity index (χ3v) is 4.23. The molecule has 0 atom stereocenters. The van der Waals surface area contributed by atoms with Gasteiger partial charge < -0.3 is 5.11 Å². The molecule has 0 heterocycles. The average molecular weight is 166 g/mol. The monoisotopic (exact) mass is 166 g/mol. The van der Waals surface area contributed by atoms with Crippen LogP contribution < -0.4 is 0 Å². The summed E-state index contributed by atoms with van der Waals surface area (Å²) in [5, 5.41) is 9.30. The van der Waals surface area contributed by atoms with Crippen LogP contribution in [0.5, 0.6) is 0 Å². The molecule has 68 valence electrons. The molecular weight excluding hydrogens is 148 g/mol. The fourth-order valence-electron chi connectivity index (χ4n) is 2.84. The highest BCUT2D eigenvalue weighted by molar-refractivity contribution is 5.06. The molecular formula is C11H18O. The Bertz CT molecular complexity index is 171. The van der Waals surface area contributed by atoms with Crippen LogP contribution in [0.2, 0.25) is 0 Å². The number of hydrogen-bond acceptors (Lipinski definition) is 1. The largest absolute Gasteiger partial charge is 0.396 e. The van der Waals surface area contributed by atoms with E-state index in [-0.39, 0.29) is 0 Å². The highest BCUT2D eigenvalue weighted by atomic mass is 16.3. The zero-order valence-corrected chi connectivity index (χ0v) is 7.68. The first-order valence-corrected chi connectivity index (χ1v) is 4.99. The predicted octanol–water partition coefficient (Wildman–Crippen LogP) is 2.51. The zero-order chi connectivity index (χ0) is 8.66. The van der Waals surface area contributed by atoms with Gasteiger partial charge in [-0.25, -0.2) is 0 Å². The van der Waals surface area contributed by atoms with Crippen LogP contribution in [0.3, 0.4) is 0 Å². The molecule has 0 radical (unpaired) electrons. The summed E-state index contributed by atoms with van der Waals surface area (Å²) in [7, 11) is 0. The van der Waals surface area contributed by atoms with Crippen LogP contribution in [-0.4, -0.2) is 11.7 Å².